The topological polar surface area (TPSA) is 84.5 Å². The lowest BCUT2D eigenvalue weighted by Gasteiger charge is -2.15. The molecule has 30 heavy (non-hydrogen) atoms. The molecule has 150 valence electrons. The van der Waals surface area contributed by atoms with Crippen molar-refractivity contribution in [3.63, 3.8) is 0 Å². The SMILES string of the molecule is CC(Oc1ccc(F)cc1)C(=O)NNC(=O)c1ccc2c(c1)C(=O)c1ccccc1-2. The summed E-state index contributed by atoms with van der Waals surface area (Å²) < 4.78 is 18.3. The van der Waals surface area contributed by atoms with E-state index in [0.29, 0.717) is 16.9 Å². The van der Waals surface area contributed by atoms with Crippen molar-refractivity contribution in [2.24, 2.45) is 0 Å². The number of nitrogens with one attached hydrogen (secondary N) is 2. The van der Waals surface area contributed by atoms with E-state index in [9.17, 15) is 18.8 Å². The zero-order chi connectivity index (χ0) is 21.3. The van der Waals surface area contributed by atoms with E-state index in [1.165, 1.54) is 37.3 Å². The van der Waals surface area contributed by atoms with Gasteiger partial charge in [-0.2, -0.15) is 0 Å². The Morgan fingerprint density at radius 2 is 1.53 bits per heavy atom. The molecule has 1 aliphatic rings. The zero-order valence-electron chi connectivity index (χ0n) is 15.9. The number of hydrogen-bond acceptors (Lipinski definition) is 4. The summed E-state index contributed by atoms with van der Waals surface area (Å²) in [6.45, 7) is 1.50. The van der Waals surface area contributed by atoms with Crippen molar-refractivity contribution in [3.05, 3.63) is 89.2 Å². The summed E-state index contributed by atoms with van der Waals surface area (Å²) in [4.78, 5) is 37.2. The first-order chi connectivity index (χ1) is 14.4. The van der Waals surface area contributed by atoms with Crippen LogP contribution >= 0.6 is 0 Å². The number of carbonyl (C=O) groups excluding carboxylic acids is 3. The van der Waals surface area contributed by atoms with E-state index in [1.54, 1.807) is 24.3 Å². The van der Waals surface area contributed by atoms with Crippen LogP contribution in [0.4, 0.5) is 4.39 Å². The summed E-state index contributed by atoms with van der Waals surface area (Å²) >= 11 is 0. The lowest BCUT2D eigenvalue weighted by atomic mass is 10.0. The predicted octanol–water partition coefficient (Wildman–Crippen LogP) is 3.27. The average Bonchev–Trinajstić information content (AvgIpc) is 3.05. The number of hydrazine groups is 1. The third-order valence-electron chi connectivity index (χ3n) is 4.78. The minimum Gasteiger partial charge on any atom is -0.481 e. The molecule has 0 aromatic heterocycles. The van der Waals surface area contributed by atoms with Gasteiger partial charge in [-0.3, -0.25) is 25.2 Å². The number of rotatable bonds is 4. The van der Waals surface area contributed by atoms with Gasteiger partial charge in [0.25, 0.3) is 11.8 Å². The molecule has 1 atom stereocenters. The molecule has 0 aliphatic heterocycles. The van der Waals surface area contributed by atoms with Gasteiger partial charge in [0, 0.05) is 16.7 Å². The van der Waals surface area contributed by atoms with Crippen LogP contribution in [0.2, 0.25) is 0 Å². The maximum absolute atomic E-state index is 12.9. The lowest BCUT2D eigenvalue weighted by molar-refractivity contribution is -0.128. The van der Waals surface area contributed by atoms with Crippen molar-refractivity contribution in [1.29, 1.82) is 0 Å². The van der Waals surface area contributed by atoms with Crippen LogP contribution in [0.5, 0.6) is 5.75 Å². The molecule has 3 aromatic rings. The van der Waals surface area contributed by atoms with E-state index in [4.69, 9.17) is 4.74 Å². The summed E-state index contributed by atoms with van der Waals surface area (Å²) in [5.74, 6) is -1.38. The first-order valence-electron chi connectivity index (χ1n) is 9.24. The molecule has 7 heteroatoms. The fraction of sp³-hybridized carbons (Fsp3) is 0.0870. The van der Waals surface area contributed by atoms with E-state index >= 15 is 0 Å². The Hall–Kier alpha value is -4.00. The molecular weight excluding hydrogens is 387 g/mol. The highest BCUT2D eigenvalue weighted by Gasteiger charge is 2.27. The molecule has 2 amide bonds. The van der Waals surface area contributed by atoms with Crippen LogP contribution in [0.1, 0.15) is 33.2 Å². The van der Waals surface area contributed by atoms with Crippen molar-refractivity contribution in [3.8, 4) is 16.9 Å². The summed E-state index contributed by atoms with van der Waals surface area (Å²) in [5, 5.41) is 0. The molecule has 6 nitrogen and oxygen atoms in total. The highest BCUT2D eigenvalue weighted by Crippen LogP contribution is 2.36. The second-order valence-corrected chi connectivity index (χ2v) is 6.79. The normalized spacial score (nSPS) is 12.5. The van der Waals surface area contributed by atoms with Crippen LogP contribution in [0.15, 0.2) is 66.7 Å². The number of benzene rings is 3. The number of amides is 2. The van der Waals surface area contributed by atoms with Crippen LogP contribution in [0.25, 0.3) is 11.1 Å². The molecule has 0 radical (unpaired) electrons. The maximum Gasteiger partial charge on any atom is 0.279 e. The minimum absolute atomic E-state index is 0.138. The van der Waals surface area contributed by atoms with Crippen LogP contribution in [-0.2, 0) is 4.79 Å². The highest BCUT2D eigenvalue weighted by atomic mass is 19.1. The Kier molecular flexibility index (Phi) is 5.02. The second kappa shape index (κ2) is 7.79. The first-order valence-corrected chi connectivity index (χ1v) is 9.24. The smallest absolute Gasteiger partial charge is 0.279 e. The Morgan fingerprint density at radius 3 is 2.27 bits per heavy atom. The largest absolute Gasteiger partial charge is 0.481 e. The fourth-order valence-corrected chi connectivity index (χ4v) is 3.23. The molecule has 3 aromatic carbocycles. The van der Waals surface area contributed by atoms with Crippen molar-refractivity contribution < 1.29 is 23.5 Å². The van der Waals surface area contributed by atoms with Gasteiger partial charge in [0.1, 0.15) is 11.6 Å². The van der Waals surface area contributed by atoms with Crippen LogP contribution in [0, 0.1) is 5.82 Å². The van der Waals surface area contributed by atoms with Gasteiger partial charge in [0.05, 0.1) is 0 Å². The minimum atomic E-state index is -0.924. The highest BCUT2D eigenvalue weighted by molar-refractivity contribution is 6.22. The Balaban J connectivity index is 1.39. The molecule has 0 spiro atoms. The monoisotopic (exact) mass is 404 g/mol. The summed E-state index contributed by atoms with van der Waals surface area (Å²) in [7, 11) is 0. The van der Waals surface area contributed by atoms with E-state index in [0.717, 1.165) is 11.1 Å². The molecule has 0 saturated heterocycles. The zero-order valence-corrected chi connectivity index (χ0v) is 15.9. The van der Waals surface area contributed by atoms with Crippen LogP contribution in [0.3, 0.4) is 0 Å². The summed E-state index contributed by atoms with van der Waals surface area (Å²) in [6.07, 6.45) is -0.924. The first kappa shape index (κ1) is 19.3. The second-order valence-electron chi connectivity index (χ2n) is 6.79. The van der Waals surface area contributed by atoms with Gasteiger partial charge >= 0.3 is 0 Å². The molecule has 0 fully saturated rings. The van der Waals surface area contributed by atoms with Crippen molar-refractivity contribution in [2.75, 3.05) is 0 Å². The summed E-state index contributed by atoms with van der Waals surface area (Å²) in [5.41, 5.74) is 7.50. The van der Waals surface area contributed by atoms with Gasteiger partial charge in [-0.1, -0.05) is 30.3 Å². The van der Waals surface area contributed by atoms with Gasteiger partial charge in [-0.25, -0.2) is 4.39 Å². The lowest BCUT2D eigenvalue weighted by Crippen LogP contribution is -2.47. The number of ketones is 1. The van der Waals surface area contributed by atoms with E-state index < -0.39 is 23.7 Å². The molecule has 1 unspecified atom stereocenters. The van der Waals surface area contributed by atoms with Gasteiger partial charge < -0.3 is 4.74 Å². The molecule has 4 rings (SSSR count). The number of carbonyl (C=O) groups is 3. The molecule has 1 aliphatic carbocycles. The number of hydrogen-bond donors (Lipinski definition) is 2. The third-order valence-corrected chi connectivity index (χ3v) is 4.78. The van der Waals surface area contributed by atoms with Crippen molar-refractivity contribution in [1.82, 2.24) is 10.9 Å². The molecule has 0 bridgehead atoms. The molecule has 2 N–H and O–H groups in total. The molecular formula is C23H17FN2O4. The van der Waals surface area contributed by atoms with Crippen LogP contribution in [-0.4, -0.2) is 23.7 Å². The van der Waals surface area contributed by atoms with Crippen LogP contribution < -0.4 is 15.6 Å². The number of fused-ring (bicyclic) bond motifs is 3. The third kappa shape index (κ3) is 3.65. The van der Waals surface area contributed by atoms with Gasteiger partial charge in [0.2, 0.25) is 0 Å². The van der Waals surface area contributed by atoms with Gasteiger partial charge in [-0.05, 0) is 54.4 Å². The quantitative estimate of drug-likeness (QED) is 0.512. The van der Waals surface area contributed by atoms with Crippen molar-refractivity contribution >= 4 is 17.6 Å². The Bertz CT molecular complexity index is 1160. The Morgan fingerprint density at radius 1 is 0.867 bits per heavy atom. The van der Waals surface area contributed by atoms with E-state index in [-0.39, 0.29) is 11.3 Å². The number of halogens is 1. The standard InChI is InChI=1S/C23H17FN2O4/c1-13(30-16-9-7-15(24)8-10-16)22(28)25-26-23(29)14-6-11-18-17-4-2-3-5-19(17)21(27)20(18)12-14/h2-13H,1H3,(H,25,28)(H,26,29). The maximum atomic E-state index is 12.9. The predicted molar refractivity (Wildman–Crippen MR) is 107 cm³/mol. The average molecular weight is 404 g/mol. The van der Waals surface area contributed by atoms with Crippen molar-refractivity contribution in [2.45, 2.75) is 13.0 Å². The van der Waals surface area contributed by atoms with E-state index in [2.05, 4.69) is 10.9 Å². The number of ether oxygens (including phenoxy) is 1. The molecule has 0 heterocycles. The summed E-state index contributed by atoms with van der Waals surface area (Å²) in [6, 6.07) is 17.3. The fourth-order valence-electron chi connectivity index (χ4n) is 3.23. The van der Waals surface area contributed by atoms with E-state index in [1.807, 2.05) is 12.1 Å². The molecule has 0 saturated carbocycles. The Labute approximate surface area is 171 Å². The van der Waals surface area contributed by atoms with Gasteiger partial charge in [-0.15, -0.1) is 0 Å². The van der Waals surface area contributed by atoms with Gasteiger partial charge in [0.15, 0.2) is 11.9 Å².